The number of carbonyl (C=O) groups excluding carboxylic acids is 1. The molecule has 18 heavy (non-hydrogen) atoms. The summed E-state index contributed by atoms with van der Waals surface area (Å²) in [5.41, 5.74) is 0.141. The van der Waals surface area contributed by atoms with Crippen LogP contribution in [0.3, 0.4) is 0 Å². The predicted molar refractivity (Wildman–Crippen MR) is 73.0 cm³/mol. The van der Waals surface area contributed by atoms with Crippen LogP contribution in [0.15, 0.2) is 0 Å². The molecule has 1 amide bonds. The van der Waals surface area contributed by atoms with E-state index in [1.54, 1.807) is 0 Å². The van der Waals surface area contributed by atoms with E-state index in [1.165, 1.54) is 0 Å². The number of hydrogen-bond acceptors (Lipinski definition) is 2. The van der Waals surface area contributed by atoms with Gasteiger partial charge in [0.15, 0.2) is 0 Å². The summed E-state index contributed by atoms with van der Waals surface area (Å²) in [6.07, 6.45) is 7.98. The molecule has 2 aliphatic heterocycles. The van der Waals surface area contributed by atoms with Gasteiger partial charge in [-0.05, 0) is 40.5 Å². The number of terminal acetylenes is 1. The number of nitrogens with zero attached hydrogens (tertiary/aromatic N) is 1. The molecule has 3 nitrogen and oxygen atoms in total. The summed E-state index contributed by atoms with van der Waals surface area (Å²) in [5, 5.41) is 3.65. The van der Waals surface area contributed by atoms with Crippen molar-refractivity contribution < 1.29 is 4.79 Å². The van der Waals surface area contributed by atoms with Gasteiger partial charge < -0.3 is 10.2 Å². The third-order valence-corrected chi connectivity index (χ3v) is 4.00. The van der Waals surface area contributed by atoms with Crippen molar-refractivity contribution in [3.8, 4) is 12.3 Å². The first-order valence-corrected chi connectivity index (χ1v) is 6.77. The first kappa shape index (κ1) is 13.4. The van der Waals surface area contributed by atoms with Crippen molar-refractivity contribution in [2.24, 2.45) is 5.92 Å². The summed E-state index contributed by atoms with van der Waals surface area (Å²) in [7, 11) is 0. The number of nitrogens with one attached hydrogen (secondary N) is 1. The van der Waals surface area contributed by atoms with Gasteiger partial charge in [-0.2, -0.15) is 0 Å². The molecule has 2 saturated heterocycles. The van der Waals surface area contributed by atoms with Gasteiger partial charge in [0.05, 0.1) is 0 Å². The molecular weight excluding hydrogens is 224 g/mol. The molecule has 1 N–H and O–H groups in total. The zero-order chi connectivity index (χ0) is 13.6. The second kappa shape index (κ2) is 4.28. The van der Waals surface area contributed by atoms with Crippen molar-refractivity contribution in [1.82, 2.24) is 10.2 Å². The highest BCUT2D eigenvalue weighted by molar-refractivity contribution is 5.79. The largest absolute Gasteiger partial charge is 0.338 e. The molecule has 0 saturated carbocycles. The van der Waals surface area contributed by atoms with Crippen LogP contribution in [-0.2, 0) is 4.79 Å². The van der Waals surface area contributed by atoms with E-state index in [2.05, 4.69) is 38.9 Å². The number of amides is 1. The molecule has 0 radical (unpaired) electrons. The molecule has 3 heteroatoms. The highest BCUT2D eigenvalue weighted by Gasteiger charge is 2.43. The van der Waals surface area contributed by atoms with Crippen molar-refractivity contribution in [3.05, 3.63) is 0 Å². The van der Waals surface area contributed by atoms with Gasteiger partial charge in [-0.1, -0.05) is 0 Å². The lowest BCUT2D eigenvalue weighted by molar-refractivity contribution is -0.131. The van der Waals surface area contributed by atoms with Crippen LogP contribution < -0.4 is 5.32 Å². The Bertz CT molecular complexity index is 376. The van der Waals surface area contributed by atoms with Gasteiger partial charge in [0, 0.05) is 36.0 Å². The zero-order valence-electron chi connectivity index (χ0n) is 11.9. The van der Waals surface area contributed by atoms with Crippen LogP contribution >= 0.6 is 0 Å². The van der Waals surface area contributed by atoms with Crippen LogP contribution in [0.2, 0.25) is 0 Å². The van der Waals surface area contributed by atoms with E-state index in [0.717, 1.165) is 19.4 Å². The molecule has 1 atom stereocenters. The highest BCUT2D eigenvalue weighted by Crippen LogP contribution is 2.34. The fraction of sp³-hybridized carbons (Fsp3) is 0.800. The van der Waals surface area contributed by atoms with Gasteiger partial charge in [0.25, 0.3) is 0 Å². The van der Waals surface area contributed by atoms with Gasteiger partial charge in [-0.15, -0.1) is 12.3 Å². The molecule has 2 rings (SSSR count). The normalized spacial score (nSPS) is 31.4. The van der Waals surface area contributed by atoms with Gasteiger partial charge in [0.1, 0.15) is 0 Å². The minimum absolute atomic E-state index is 0.0704. The first-order valence-electron chi connectivity index (χ1n) is 6.77. The third kappa shape index (κ3) is 2.70. The second-order valence-electron chi connectivity index (χ2n) is 7.07. The molecule has 0 aromatic carbocycles. The fourth-order valence-corrected chi connectivity index (χ4v) is 3.68. The lowest BCUT2D eigenvalue weighted by Crippen LogP contribution is -2.62. The predicted octanol–water partition coefficient (Wildman–Crippen LogP) is 1.78. The molecule has 2 aliphatic rings. The Hall–Kier alpha value is -1.01. The maximum absolute atomic E-state index is 12.1. The van der Waals surface area contributed by atoms with Crippen LogP contribution in [-0.4, -0.2) is 34.5 Å². The first-order chi connectivity index (χ1) is 8.22. The van der Waals surface area contributed by atoms with Gasteiger partial charge in [-0.25, -0.2) is 0 Å². The van der Waals surface area contributed by atoms with Crippen molar-refractivity contribution in [2.75, 3.05) is 6.54 Å². The van der Waals surface area contributed by atoms with Crippen molar-refractivity contribution >= 4 is 5.91 Å². The van der Waals surface area contributed by atoms with Crippen molar-refractivity contribution in [3.63, 3.8) is 0 Å². The lowest BCUT2D eigenvalue weighted by atomic mass is 9.79. The molecule has 0 aromatic rings. The maximum atomic E-state index is 12.1. The molecule has 2 fully saturated rings. The highest BCUT2D eigenvalue weighted by atomic mass is 16.2. The summed E-state index contributed by atoms with van der Waals surface area (Å²) in [6.45, 7) is 9.58. The SMILES string of the molecule is C#CC1CC(=O)N(C2CC(C)(C)NC(C)(C)C2)C1. The van der Waals surface area contributed by atoms with Crippen LogP contribution in [0.4, 0.5) is 0 Å². The van der Waals surface area contributed by atoms with E-state index in [1.807, 2.05) is 4.90 Å². The summed E-state index contributed by atoms with van der Waals surface area (Å²) in [6, 6.07) is 0.321. The quantitative estimate of drug-likeness (QED) is 0.717. The van der Waals surface area contributed by atoms with E-state index in [0.29, 0.717) is 12.5 Å². The van der Waals surface area contributed by atoms with Crippen LogP contribution in [0.1, 0.15) is 47.0 Å². The van der Waals surface area contributed by atoms with Crippen molar-refractivity contribution in [1.29, 1.82) is 0 Å². The van der Waals surface area contributed by atoms with E-state index in [-0.39, 0.29) is 22.9 Å². The number of hydrogen-bond donors (Lipinski definition) is 1. The molecule has 0 bridgehead atoms. The molecule has 1 unspecified atom stereocenters. The number of piperidine rings is 1. The summed E-state index contributed by atoms with van der Waals surface area (Å²) < 4.78 is 0. The molecule has 100 valence electrons. The van der Waals surface area contributed by atoms with Crippen LogP contribution in [0, 0.1) is 18.3 Å². The summed E-state index contributed by atoms with van der Waals surface area (Å²) >= 11 is 0. The van der Waals surface area contributed by atoms with Crippen molar-refractivity contribution in [2.45, 2.75) is 64.1 Å². The maximum Gasteiger partial charge on any atom is 0.224 e. The van der Waals surface area contributed by atoms with E-state index < -0.39 is 0 Å². The van der Waals surface area contributed by atoms with Gasteiger partial charge in [0.2, 0.25) is 5.91 Å². The molecular formula is C15H24N2O. The Kier molecular flexibility index (Phi) is 3.19. The Morgan fingerprint density at radius 2 is 1.83 bits per heavy atom. The Labute approximate surface area is 110 Å². The number of carbonyl (C=O) groups is 1. The van der Waals surface area contributed by atoms with Crippen LogP contribution in [0.25, 0.3) is 0 Å². The third-order valence-electron chi connectivity index (χ3n) is 4.00. The summed E-state index contributed by atoms with van der Waals surface area (Å²) in [4.78, 5) is 14.1. The number of rotatable bonds is 1. The Balaban J connectivity index is 2.14. The van der Waals surface area contributed by atoms with E-state index >= 15 is 0 Å². The van der Waals surface area contributed by atoms with E-state index in [4.69, 9.17) is 6.42 Å². The average molecular weight is 248 g/mol. The minimum atomic E-state index is 0.0704. The van der Waals surface area contributed by atoms with Crippen LogP contribution in [0.5, 0.6) is 0 Å². The topological polar surface area (TPSA) is 32.3 Å². The second-order valence-corrected chi connectivity index (χ2v) is 7.07. The molecule has 2 heterocycles. The molecule has 0 spiro atoms. The fourth-order valence-electron chi connectivity index (χ4n) is 3.68. The number of likely N-dealkylation sites (tertiary alicyclic amines) is 1. The molecule has 0 aliphatic carbocycles. The minimum Gasteiger partial charge on any atom is -0.338 e. The average Bonchev–Trinajstić information content (AvgIpc) is 2.55. The standard InChI is InChI=1S/C15H24N2O/c1-6-11-7-13(18)17(10-11)12-8-14(2,3)16-15(4,5)9-12/h1,11-12,16H,7-10H2,2-5H3. The Morgan fingerprint density at radius 1 is 1.28 bits per heavy atom. The lowest BCUT2D eigenvalue weighted by Gasteiger charge is -2.49. The van der Waals surface area contributed by atoms with Gasteiger partial charge >= 0.3 is 0 Å². The Morgan fingerprint density at radius 3 is 2.28 bits per heavy atom. The monoisotopic (exact) mass is 248 g/mol. The summed E-state index contributed by atoms with van der Waals surface area (Å²) in [5.74, 6) is 3.07. The smallest absolute Gasteiger partial charge is 0.224 e. The van der Waals surface area contributed by atoms with Gasteiger partial charge in [-0.3, -0.25) is 4.79 Å². The molecule has 0 aromatic heterocycles. The van der Waals surface area contributed by atoms with E-state index in [9.17, 15) is 4.79 Å². The zero-order valence-corrected chi connectivity index (χ0v) is 11.9.